The predicted octanol–water partition coefficient (Wildman–Crippen LogP) is 2.70. The van der Waals surface area contributed by atoms with Crippen LogP contribution in [-0.4, -0.2) is 44.5 Å². The number of nitrogens with zero attached hydrogens (tertiary/aromatic N) is 1. The van der Waals surface area contributed by atoms with Crippen LogP contribution in [0, 0.1) is 0 Å². The van der Waals surface area contributed by atoms with E-state index in [0.717, 1.165) is 11.1 Å². The van der Waals surface area contributed by atoms with Crippen molar-refractivity contribution in [3.05, 3.63) is 41.3 Å². The summed E-state index contributed by atoms with van der Waals surface area (Å²) < 4.78 is 4.87. The van der Waals surface area contributed by atoms with Gasteiger partial charge in [0.05, 0.1) is 13.7 Å². The van der Waals surface area contributed by atoms with Crippen molar-refractivity contribution in [3.8, 4) is 11.1 Å². The number of methoxy groups -OCH3 is 1. The van der Waals surface area contributed by atoms with Gasteiger partial charge in [-0.2, -0.15) is 0 Å². The average molecular weight is 318 g/mol. The van der Waals surface area contributed by atoms with Gasteiger partial charge in [0.1, 0.15) is 10.6 Å². The summed E-state index contributed by atoms with van der Waals surface area (Å²) in [7, 11) is 4.95. The Bertz CT molecular complexity index is 665. The van der Waals surface area contributed by atoms with E-state index in [4.69, 9.17) is 4.74 Å². The molecule has 0 atom stereocenters. The molecule has 0 bridgehead atoms. The molecular weight excluding hydrogens is 300 g/mol. The fourth-order valence-corrected chi connectivity index (χ4v) is 3.01. The molecule has 1 N–H and O–H groups in total. The Hall–Kier alpha value is -2.18. The van der Waals surface area contributed by atoms with E-state index in [1.807, 2.05) is 49.8 Å². The third-order valence-corrected chi connectivity index (χ3v) is 3.87. The van der Waals surface area contributed by atoms with Crippen molar-refractivity contribution in [2.75, 3.05) is 33.1 Å². The van der Waals surface area contributed by atoms with Crippen molar-refractivity contribution in [2.24, 2.45) is 0 Å². The number of nitrogens with one attached hydrogen (secondary N) is 1. The third-order valence-electron chi connectivity index (χ3n) is 2.98. The molecule has 0 radical (unpaired) electrons. The number of ether oxygens (including phenoxy) is 1. The summed E-state index contributed by atoms with van der Waals surface area (Å²) in [6.45, 7) is 0.249. The maximum absolute atomic E-state index is 12.1. The molecule has 0 saturated carbocycles. The normalized spacial score (nSPS) is 10.5. The van der Waals surface area contributed by atoms with Gasteiger partial charge in [0.25, 0.3) is 0 Å². The lowest BCUT2D eigenvalue weighted by molar-refractivity contribution is -0.116. The number of carbonyl (C=O) groups excluding carboxylic acids is 2. The highest BCUT2D eigenvalue weighted by Crippen LogP contribution is 2.36. The maximum atomic E-state index is 12.1. The second kappa shape index (κ2) is 7.20. The molecule has 1 aromatic heterocycles. The van der Waals surface area contributed by atoms with E-state index >= 15 is 0 Å². The van der Waals surface area contributed by atoms with Gasteiger partial charge in [-0.3, -0.25) is 4.79 Å². The van der Waals surface area contributed by atoms with Crippen molar-refractivity contribution in [2.45, 2.75) is 0 Å². The highest BCUT2D eigenvalue weighted by Gasteiger charge is 2.22. The van der Waals surface area contributed by atoms with Crippen LogP contribution in [0.25, 0.3) is 11.1 Å². The number of benzene rings is 1. The van der Waals surface area contributed by atoms with Crippen molar-refractivity contribution in [1.29, 1.82) is 0 Å². The number of likely N-dealkylation sites (N-methyl/N-ethyl adjacent to an activating group) is 1. The summed E-state index contributed by atoms with van der Waals surface area (Å²) >= 11 is 1.32. The average Bonchev–Trinajstić information content (AvgIpc) is 2.90. The number of anilines is 1. The van der Waals surface area contributed by atoms with Crippen LogP contribution in [0.3, 0.4) is 0 Å². The first-order valence-corrected chi connectivity index (χ1v) is 7.60. The predicted molar refractivity (Wildman–Crippen MR) is 88.3 cm³/mol. The molecule has 116 valence electrons. The van der Waals surface area contributed by atoms with Crippen LogP contribution < -0.4 is 5.32 Å². The number of rotatable bonds is 5. The first kappa shape index (κ1) is 16.2. The molecule has 6 heteroatoms. The molecule has 0 fully saturated rings. The van der Waals surface area contributed by atoms with Gasteiger partial charge in [0.15, 0.2) is 0 Å². The van der Waals surface area contributed by atoms with Gasteiger partial charge < -0.3 is 15.0 Å². The van der Waals surface area contributed by atoms with Crippen LogP contribution >= 0.6 is 11.3 Å². The van der Waals surface area contributed by atoms with Crippen molar-refractivity contribution in [1.82, 2.24) is 4.90 Å². The van der Waals surface area contributed by atoms with Crippen LogP contribution in [0.1, 0.15) is 10.4 Å². The summed E-state index contributed by atoms with van der Waals surface area (Å²) in [6, 6.07) is 9.55. The number of carbonyl (C=O) groups is 2. The van der Waals surface area contributed by atoms with Gasteiger partial charge >= 0.3 is 5.97 Å². The van der Waals surface area contributed by atoms with E-state index in [9.17, 15) is 9.59 Å². The van der Waals surface area contributed by atoms with Crippen molar-refractivity contribution < 1.29 is 14.3 Å². The van der Waals surface area contributed by atoms with Crippen molar-refractivity contribution >= 4 is 28.2 Å². The molecule has 2 aromatic rings. The second-order valence-corrected chi connectivity index (χ2v) is 5.88. The Morgan fingerprint density at radius 3 is 2.50 bits per heavy atom. The molecule has 2 rings (SSSR count). The number of hydrogen-bond donors (Lipinski definition) is 1. The van der Waals surface area contributed by atoms with Gasteiger partial charge in [-0.1, -0.05) is 30.3 Å². The van der Waals surface area contributed by atoms with E-state index in [1.54, 1.807) is 4.90 Å². The van der Waals surface area contributed by atoms with Crippen LogP contribution in [0.2, 0.25) is 0 Å². The Morgan fingerprint density at radius 2 is 1.91 bits per heavy atom. The number of hydrogen-bond acceptors (Lipinski definition) is 5. The fourth-order valence-electron chi connectivity index (χ4n) is 2.04. The quantitative estimate of drug-likeness (QED) is 0.861. The topological polar surface area (TPSA) is 58.6 Å². The summed E-state index contributed by atoms with van der Waals surface area (Å²) in [5.74, 6) is -0.628. The van der Waals surface area contributed by atoms with Gasteiger partial charge in [-0.25, -0.2) is 4.79 Å². The molecule has 0 aliphatic rings. The van der Waals surface area contributed by atoms with Gasteiger partial charge in [-0.15, -0.1) is 11.3 Å². The Labute approximate surface area is 133 Å². The van der Waals surface area contributed by atoms with E-state index < -0.39 is 5.97 Å². The lowest BCUT2D eigenvalue weighted by Gasteiger charge is -2.10. The molecule has 22 heavy (non-hydrogen) atoms. The van der Waals surface area contributed by atoms with E-state index in [-0.39, 0.29) is 12.5 Å². The Kier molecular flexibility index (Phi) is 5.30. The number of amides is 1. The molecule has 0 aliphatic carbocycles. The second-order valence-electron chi connectivity index (χ2n) is 5.00. The van der Waals surface area contributed by atoms with Crippen LogP contribution in [-0.2, 0) is 9.53 Å². The van der Waals surface area contributed by atoms with Crippen LogP contribution in [0.15, 0.2) is 35.7 Å². The molecular formula is C16H18N2O3S. The third kappa shape index (κ3) is 3.72. The molecule has 1 heterocycles. The smallest absolute Gasteiger partial charge is 0.341 e. The maximum Gasteiger partial charge on any atom is 0.341 e. The molecule has 0 unspecified atom stereocenters. The number of esters is 1. The Balaban J connectivity index is 2.37. The molecule has 0 aliphatic heterocycles. The highest BCUT2D eigenvalue weighted by atomic mass is 32.1. The first-order valence-electron chi connectivity index (χ1n) is 6.72. The summed E-state index contributed by atoms with van der Waals surface area (Å²) in [5.41, 5.74) is 2.07. The number of thiophene rings is 1. The minimum Gasteiger partial charge on any atom is -0.465 e. The molecule has 1 amide bonds. The molecule has 5 nitrogen and oxygen atoms in total. The standard InChI is InChI=1S/C16H18N2O3S/c1-18(2)9-13(19)17-15-14(16(20)21-3)12(10-22-15)11-7-5-4-6-8-11/h4-8,10H,9H2,1-3H3,(H,17,19). The van der Waals surface area contributed by atoms with Gasteiger partial charge in [0, 0.05) is 10.9 Å². The minimum atomic E-state index is -0.458. The Morgan fingerprint density at radius 1 is 1.23 bits per heavy atom. The molecule has 0 spiro atoms. The SMILES string of the molecule is COC(=O)c1c(-c2ccccc2)csc1NC(=O)CN(C)C. The summed E-state index contributed by atoms with van der Waals surface area (Å²) in [4.78, 5) is 25.8. The summed E-state index contributed by atoms with van der Waals surface area (Å²) in [5, 5.41) is 5.15. The lowest BCUT2D eigenvalue weighted by atomic mass is 10.0. The van der Waals surface area contributed by atoms with E-state index in [2.05, 4.69) is 5.32 Å². The monoisotopic (exact) mass is 318 g/mol. The molecule has 0 saturated heterocycles. The zero-order valence-corrected chi connectivity index (χ0v) is 13.6. The highest BCUT2D eigenvalue weighted by molar-refractivity contribution is 7.15. The minimum absolute atomic E-state index is 0.170. The van der Waals surface area contributed by atoms with E-state index in [1.165, 1.54) is 18.4 Å². The van der Waals surface area contributed by atoms with E-state index in [0.29, 0.717) is 10.6 Å². The fraction of sp³-hybridized carbons (Fsp3) is 0.250. The molecule has 1 aromatic carbocycles. The van der Waals surface area contributed by atoms with Crippen LogP contribution in [0.4, 0.5) is 5.00 Å². The summed E-state index contributed by atoms with van der Waals surface area (Å²) in [6.07, 6.45) is 0. The first-order chi connectivity index (χ1) is 10.5. The van der Waals surface area contributed by atoms with Gasteiger partial charge in [-0.05, 0) is 19.7 Å². The largest absolute Gasteiger partial charge is 0.465 e. The van der Waals surface area contributed by atoms with Gasteiger partial charge in [0.2, 0.25) is 5.91 Å². The lowest BCUT2D eigenvalue weighted by Crippen LogP contribution is -2.27. The zero-order valence-electron chi connectivity index (χ0n) is 12.8. The van der Waals surface area contributed by atoms with Crippen molar-refractivity contribution in [3.63, 3.8) is 0 Å². The zero-order chi connectivity index (χ0) is 16.1. The van der Waals surface area contributed by atoms with Crippen LogP contribution in [0.5, 0.6) is 0 Å².